The summed E-state index contributed by atoms with van der Waals surface area (Å²) in [5.41, 5.74) is -0.937. The Hall–Kier alpha value is -0.725. The summed E-state index contributed by atoms with van der Waals surface area (Å²) in [5.74, 6) is -0.285. The SMILES string of the molecule is OB(O)Oc1cc(Br)cc(C(F)(F)F)c1. The molecule has 3 nitrogen and oxygen atoms in total. The molecule has 0 amide bonds. The summed E-state index contributed by atoms with van der Waals surface area (Å²) in [4.78, 5) is 0. The lowest BCUT2D eigenvalue weighted by Crippen LogP contribution is -2.20. The third kappa shape index (κ3) is 3.73. The number of halogens is 4. The van der Waals surface area contributed by atoms with Crippen LogP contribution in [0.1, 0.15) is 5.56 Å². The first kappa shape index (κ1) is 12.3. The zero-order valence-corrected chi connectivity index (χ0v) is 8.71. The van der Waals surface area contributed by atoms with Crippen LogP contribution < -0.4 is 4.65 Å². The van der Waals surface area contributed by atoms with Crippen LogP contribution in [0.25, 0.3) is 0 Å². The summed E-state index contributed by atoms with van der Waals surface area (Å²) in [7, 11) is -2.15. The Kier molecular flexibility index (Phi) is 3.64. The third-order valence-electron chi connectivity index (χ3n) is 1.44. The molecule has 0 spiro atoms. The quantitative estimate of drug-likeness (QED) is 0.815. The molecule has 0 saturated carbocycles. The highest BCUT2D eigenvalue weighted by molar-refractivity contribution is 9.10. The first-order valence-corrected chi connectivity index (χ1v) is 4.49. The molecule has 0 atom stereocenters. The molecule has 1 aromatic carbocycles. The van der Waals surface area contributed by atoms with Crippen LogP contribution in [-0.4, -0.2) is 17.4 Å². The fraction of sp³-hybridized carbons (Fsp3) is 0.143. The van der Waals surface area contributed by atoms with Gasteiger partial charge in [0.15, 0.2) is 0 Å². The third-order valence-corrected chi connectivity index (χ3v) is 1.90. The molecule has 15 heavy (non-hydrogen) atoms. The number of benzene rings is 1. The monoisotopic (exact) mass is 284 g/mol. The Morgan fingerprint density at radius 2 is 1.80 bits per heavy atom. The van der Waals surface area contributed by atoms with Crippen molar-refractivity contribution in [3.05, 3.63) is 28.2 Å². The van der Waals surface area contributed by atoms with Gasteiger partial charge in [-0.25, -0.2) is 0 Å². The highest BCUT2D eigenvalue weighted by Gasteiger charge is 2.31. The lowest BCUT2D eigenvalue weighted by Gasteiger charge is -2.10. The molecule has 0 aliphatic heterocycles. The largest absolute Gasteiger partial charge is 0.707 e. The molecule has 0 unspecified atom stereocenters. The van der Waals surface area contributed by atoms with Crippen LogP contribution in [0.5, 0.6) is 5.75 Å². The van der Waals surface area contributed by atoms with Crippen LogP contribution in [0.3, 0.4) is 0 Å². The Morgan fingerprint density at radius 1 is 1.20 bits per heavy atom. The minimum atomic E-state index is -4.51. The van der Waals surface area contributed by atoms with Crippen LogP contribution in [-0.2, 0) is 6.18 Å². The lowest BCUT2D eigenvalue weighted by molar-refractivity contribution is -0.137. The van der Waals surface area contributed by atoms with Crippen molar-refractivity contribution in [3.63, 3.8) is 0 Å². The van der Waals surface area contributed by atoms with Gasteiger partial charge in [-0.05, 0) is 18.2 Å². The van der Waals surface area contributed by atoms with Crippen LogP contribution in [0, 0.1) is 0 Å². The van der Waals surface area contributed by atoms with E-state index >= 15 is 0 Å². The molecule has 0 aromatic heterocycles. The van der Waals surface area contributed by atoms with E-state index in [1.54, 1.807) is 0 Å². The highest BCUT2D eigenvalue weighted by Crippen LogP contribution is 2.34. The van der Waals surface area contributed by atoms with Crippen molar-refractivity contribution in [2.24, 2.45) is 0 Å². The molecule has 8 heteroatoms. The van der Waals surface area contributed by atoms with Gasteiger partial charge in [0.1, 0.15) is 5.75 Å². The zero-order valence-electron chi connectivity index (χ0n) is 7.12. The first-order chi connectivity index (χ1) is 6.79. The van der Waals surface area contributed by atoms with E-state index < -0.39 is 19.1 Å². The van der Waals surface area contributed by atoms with Gasteiger partial charge in [-0.15, -0.1) is 0 Å². The van der Waals surface area contributed by atoms with E-state index in [2.05, 4.69) is 20.6 Å². The minimum Gasteiger partial charge on any atom is -0.512 e. The minimum absolute atomic E-state index is 0.132. The molecule has 0 saturated heterocycles. The molecule has 0 bridgehead atoms. The Morgan fingerprint density at radius 3 is 2.27 bits per heavy atom. The van der Waals surface area contributed by atoms with Gasteiger partial charge in [-0.2, -0.15) is 13.2 Å². The van der Waals surface area contributed by atoms with Gasteiger partial charge in [-0.1, -0.05) is 15.9 Å². The second-order valence-electron chi connectivity index (χ2n) is 2.62. The molecular weight excluding hydrogens is 280 g/mol. The number of hydrogen-bond acceptors (Lipinski definition) is 3. The molecule has 0 heterocycles. The molecule has 0 aliphatic rings. The maximum atomic E-state index is 12.3. The van der Waals surface area contributed by atoms with Gasteiger partial charge < -0.3 is 14.7 Å². The molecule has 82 valence electrons. The second-order valence-corrected chi connectivity index (χ2v) is 3.53. The van der Waals surface area contributed by atoms with E-state index in [-0.39, 0.29) is 10.2 Å². The molecule has 1 rings (SSSR count). The topological polar surface area (TPSA) is 49.7 Å². The van der Waals surface area contributed by atoms with Crippen LogP contribution in [0.2, 0.25) is 0 Å². The van der Waals surface area contributed by atoms with E-state index in [0.717, 1.165) is 6.07 Å². The highest BCUT2D eigenvalue weighted by atomic mass is 79.9. The predicted octanol–water partition coefficient (Wildman–Crippen LogP) is 1.82. The maximum Gasteiger partial charge on any atom is 0.707 e. The average molecular weight is 285 g/mol. The summed E-state index contributed by atoms with van der Waals surface area (Å²) >= 11 is 2.85. The van der Waals surface area contributed by atoms with Crippen molar-refractivity contribution in [2.45, 2.75) is 6.18 Å². The summed E-state index contributed by atoms with van der Waals surface area (Å²) < 4.78 is 41.3. The fourth-order valence-electron chi connectivity index (χ4n) is 0.916. The predicted molar refractivity (Wildman–Crippen MR) is 50.0 cm³/mol. The van der Waals surface area contributed by atoms with E-state index in [0.29, 0.717) is 6.07 Å². The fourth-order valence-corrected chi connectivity index (χ4v) is 1.39. The number of hydrogen-bond donors (Lipinski definition) is 2. The summed E-state index contributed by atoms with van der Waals surface area (Å²) in [5, 5.41) is 16.9. The maximum absolute atomic E-state index is 12.3. The Balaban J connectivity index is 3.06. The van der Waals surface area contributed by atoms with E-state index in [9.17, 15) is 13.2 Å². The smallest absolute Gasteiger partial charge is 0.512 e. The zero-order chi connectivity index (χ0) is 11.6. The molecule has 0 radical (unpaired) electrons. The molecular formula is C7H5BBrF3O3. The summed E-state index contributed by atoms with van der Waals surface area (Å²) in [6.07, 6.45) is -4.51. The average Bonchev–Trinajstić information content (AvgIpc) is 1.99. The summed E-state index contributed by atoms with van der Waals surface area (Å²) in [6, 6.07) is 2.72. The van der Waals surface area contributed by atoms with Crippen molar-refractivity contribution in [1.82, 2.24) is 0 Å². The number of rotatable bonds is 2. The van der Waals surface area contributed by atoms with Gasteiger partial charge in [0.2, 0.25) is 0 Å². The normalized spacial score (nSPS) is 11.3. The Bertz CT molecular complexity index is 356. The van der Waals surface area contributed by atoms with E-state index in [1.807, 2.05) is 0 Å². The van der Waals surface area contributed by atoms with Gasteiger partial charge in [0.25, 0.3) is 0 Å². The lowest BCUT2D eigenvalue weighted by atomic mass is 10.2. The first-order valence-electron chi connectivity index (χ1n) is 3.69. The van der Waals surface area contributed by atoms with Crippen LogP contribution in [0.4, 0.5) is 13.2 Å². The van der Waals surface area contributed by atoms with Crippen molar-refractivity contribution in [3.8, 4) is 5.75 Å². The second kappa shape index (κ2) is 4.42. The standard InChI is InChI=1S/C7H5BBrF3O3/c9-5-1-4(7(10,11)12)2-6(3-5)15-8(13)14/h1-3,13-14H. The number of alkyl halides is 3. The molecule has 1 aromatic rings. The molecule has 0 fully saturated rings. The van der Waals surface area contributed by atoms with Crippen molar-refractivity contribution in [1.29, 1.82) is 0 Å². The van der Waals surface area contributed by atoms with E-state index in [1.165, 1.54) is 6.07 Å². The molecule has 2 N–H and O–H groups in total. The van der Waals surface area contributed by atoms with Crippen LogP contribution >= 0.6 is 15.9 Å². The van der Waals surface area contributed by atoms with Crippen molar-refractivity contribution >= 4 is 23.3 Å². The van der Waals surface area contributed by atoms with Crippen LogP contribution in [0.15, 0.2) is 22.7 Å². The summed E-state index contributed by atoms with van der Waals surface area (Å²) in [6.45, 7) is 0. The van der Waals surface area contributed by atoms with Gasteiger partial charge >= 0.3 is 13.5 Å². The van der Waals surface area contributed by atoms with Crippen molar-refractivity contribution < 1.29 is 27.9 Å². The molecule has 0 aliphatic carbocycles. The van der Waals surface area contributed by atoms with Gasteiger partial charge in [0, 0.05) is 4.47 Å². The van der Waals surface area contributed by atoms with Gasteiger partial charge in [-0.3, -0.25) is 0 Å². The Labute approximate surface area is 91.8 Å². The van der Waals surface area contributed by atoms with E-state index in [4.69, 9.17) is 10.0 Å². The van der Waals surface area contributed by atoms with Crippen molar-refractivity contribution in [2.75, 3.05) is 0 Å². The van der Waals surface area contributed by atoms with Gasteiger partial charge in [0.05, 0.1) is 5.56 Å².